The van der Waals surface area contributed by atoms with Gasteiger partial charge in [0.05, 0.1) is 0 Å². The van der Waals surface area contributed by atoms with Crippen LogP contribution in [0.4, 0.5) is 0 Å². The summed E-state index contributed by atoms with van der Waals surface area (Å²) in [5, 5.41) is 6.89. The Hall–Kier alpha value is -1.66. The van der Waals surface area contributed by atoms with Crippen LogP contribution in [0, 0.1) is 0 Å². The Bertz CT molecular complexity index is 452. The highest BCUT2D eigenvalue weighted by molar-refractivity contribution is 7.83. The van der Waals surface area contributed by atoms with Gasteiger partial charge in [0.2, 0.25) is 5.91 Å². The monoisotopic (exact) mass is 359 g/mol. The Morgan fingerprint density at radius 1 is 1.10 bits per heavy atom. The van der Waals surface area contributed by atoms with Crippen LogP contribution in [-0.2, 0) is 39.1 Å². The molecule has 0 radical (unpaired) electrons. The van der Waals surface area contributed by atoms with Crippen molar-refractivity contribution in [2.45, 2.75) is 6.92 Å². The first-order valence-corrected chi connectivity index (χ1v) is 6.35. The van der Waals surface area contributed by atoms with Gasteiger partial charge in [0.15, 0.2) is 0 Å². The predicted molar refractivity (Wildman–Crippen MR) is 68.0 cm³/mol. The van der Waals surface area contributed by atoms with Gasteiger partial charge >= 0.3 is 20.8 Å². The van der Waals surface area contributed by atoms with Crippen molar-refractivity contribution in [3.05, 3.63) is 12.2 Å². The normalized spacial score (nSPS) is 9.10. The van der Waals surface area contributed by atoms with Crippen molar-refractivity contribution in [3.8, 4) is 0 Å². The molecule has 1 amide bonds. The summed E-state index contributed by atoms with van der Waals surface area (Å²) < 4.78 is 58.9. The molecule has 0 aliphatic heterocycles. The molecule has 0 unspecified atom stereocenters. The van der Waals surface area contributed by atoms with E-state index in [-0.39, 0.29) is 18.8 Å². The molecule has 0 fully saturated rings. The van der Waals surface area contributed by atoms with E-state index in [4.69, 9.17) is 24.7 Å². The van der Waals surface area contributed by atoms with Crippen molar-refractivity contribution in [2.24, 2.45) is 5.73 Å². The van der Waals surface area contributed by atoms with E-state index in [0.717, 1.165) is 0 Å². The molecular formula is C5H17N3O11S2. The number of carbonyl (C=O) groups excluding carboxylic acids is 1. The van der Waals surface area contributed by atoms with E-state index >= 15 is 0 Å². The van der Waals surface area contributed by atoms with E-state index in [1.807, 2.05) is 0 Å². The van der Waals surface area contributed by atoms with E-state index in [9.17, 15) is 21.6 Å². The summed E-state index contributed by atoms with van der Waals surface area (Å²) in [5.74, 6) is -0.435. The van der Waals surface area contributed by atoms with Crippen LogP contribution in [-0.4, -0.2) is 43.4 Å². The average molecular weight is 359 g/mol. The summed E-state index contributed by atoms with van der Waals surface area (Å²) in [4.78, 5) is 18.2. The van der Waals surface area contributed by atoms with Crippen LogP contribution in [0.3, 0.4) is 0 Å². The second kappa shape index (κ2) is 14.7. The highest BCUT2D eigenvalue weighted by Crippen LogP contribution is 1.92. The number of hydrogen-bond acceptors (Lipinski definition) is 10. The summed E-state index contributed by atoms with van der Waals surface area (Å²) in [6, 6.07) is 0. The topological polar surface area (TPSA) is 278 Å². The Morgan fingerprint density at radius 3 is 1.29 bits per heavy atom. The fraction of sp³-hybridized carbons (Fsp3) is 0.200. The Balaban J connectivity index is -0.0000000673. The zero-order valence-corrected chi connectivity index (χ0v) is 12.3. The van der Waals surface area contributed by atoms with Crippen molar-refractivity contribution in [1.29, 1.82) is 0 Å². The SMILES string of the molecule is C=C(C)C(N)=O.N.N.O=CO.O=S(=O)(O)OOS(=O)(=O)O. The van der Waals surface area contributed by atoms with Crippen molar-refractivity contribution in [3.63, 3.8) is 0 Å². The highest BCUT2D eigenvalue weighted by Gasteiger charge is 2.13. The van der Waals surface area contributed by atoms with Gasteiger partial charge in [-0.15, -0.1) is 0 Å². The fourth-order valence-corrected chi connectivity index (χ4v) is 0.632. The lowest BCUT2D eigenvalue weighted by molar-refractivity contribution is -0.123. The van der Waals surface area contributed by atoms with Gasteiger partial charge in [-0.25, -0.2) is 0 Å². The second-order valence-electron chi connectivity index (χ2n) is 2.24. The lowest BCUT2D eigenvalue weighted by Crippen LogP contribution is -2.10. The molecule has 0 aliphatic carbocycles. The molecule has 0 atom stereocenters. The number of primary amides is 1. The minimum Gasteiger partial charge on any atom is -0.483 e. The van der Waals surface area contributed by atoms with E-state index < -0.39 is 26.7 Å². The molecule has 16 heteroatoms. The standard InChI is InChI=1S/C4H7NO.CH2O2.2H3N.H2O8S2/c1-3(2)4(5)6;2-1-3;;;1-9(2,3)7-8-10(4,5)6/h1H2,2H3,(H2,5,6);1H,(H,2,3);2*1H3;(H,1,2,3)(H,4,5,6). The Morgan fingerprint density at radius 2 is 1.24 bits per heavy atom. The third kappa shape index (κ3) is 56.1. The minimum atomic E-state index is -5.02. The van der Waals surface area contributed by atoms with Crippen molar-refractivity contribution in [1.82, 2.24) is 12.3 Å². The predicted octanol–water partition coefficient (Wildman–Crippen LogP) is -1.39. The van der Waals surface area contributed by atoms with Crippen molar-refractivity contribution < 1.29 is 49.3 Å². The summed E-state index contributed by atoms with van der Waals surface area (Å²) in [7, 11) is -10.0. The number of rotatable bonds is 4. The maximum absolute atomic E-state index is 9.82. The van der Waals surface area contributed by atoms with Crippen molar-refractivity contribution >= 4 is 33.2 Å². The van der Waals surface area contributed by atoms with Crippen LogP contribution < -0.4 is 18.0 Å². The molecule has 0 saturated carbocycles. The summed E-state index contributed by atoms with van der Waals surface area (Å²) >= 11 is 0. The molecule has 0 rings (SSSR count). The number of carbonyl (C=O) groups is 2. The van der Waals surface area contributed by atoms with E-state index in [0.29, 0.717) is 5.57 Å². The smallest absolute Gasteiger partial charge is 0.425 e. The number of nitrogens with two attached hydrogens (primary N) is 1. The van der Waals surface area contributed by atoms with Gasteiger partial charge < -0.3 is 23.1 Å². The lowest BCUT2D eigenvalue weighted by atomic mass is 10.3. The quantitative estimate of drug-likeness (QED) is 0.111. The first-order chi connectivity index (χ1) is 8.26. The molecule has 14 nitrogen and oxygen atoms in total. The number of amides is 1. The molecule has 0 spiro atoms. The van der Waals surface area contributed by atoms with E-state index in [2.05, 4.69) is 15.2 Å². The van der Waals surface area contributed by atoms with Gasteiger partial charge in [0.25, 0.3) is 6.47 Å². The molecule has 0 aromatic carbocycles. The fourth-order valence-electron chi connectivity index (χ4n) is 0.0702. The second-order valence-corrected chi connectivity index (χ2v) is 4.22. The first kappa shape index (κ1) is 31.6. The summed E-state index contributed by atoms with van der Waals surface area (Å²) in [6.45, 7) is 4.60. The average Bonchev–Trinajstić information content (AvgIpc) is 2.15. The van der Waals surface area contributed by atoms with Gasteiger partial charge in [-0.05, 0) is 6.92 Å². The molecule has 0 aromatic heterocycles. The third-order valence-electron chi connectivity index (χ3n) is 0.620. The first-order valence-electron chi connectivity index (χ1n) is 3.62. The molecule has 0 heterocycles. The van der Waals surface area contributed by atoms with Crippen molar-refractivity contribution in [2.75, 3.05) is 0 Å². The molecule has 0 aliphatic rings. The van der Waals surface area contributed by atoms with Gasteiger partial charge in [-0.2, -0.15) is 16.8 Å². The van der Waals surface area contributed by atoms with Crippen LogP contribution in [0.25, 0.3) is 0 Å². The molecule has 11 N–H and O–H groups in total. The van der Waals surface area contributed by atoms with Gasteiger partial charge in [-0.1, -0.05) is 15.2 Å². The van der Waals surface area contributed by atoms with E-state index in [1.54, 1.807) is 6.92 Å². The summed E-state index contributed by atoms with van der Waals surface area (Å²) in [6.07, 6.45) is 0. The van der Waals surface area contributed by atoms with Gasteiger partial charge in [0, 0.05) is 5.57 Å². The van der Waals surface area contributed by atoms with E-state index in [1.165, 1.54) is 0 Å². The Kier molecular flexibility index (Phi) is 22.2. The Labute approximate surface area is 120 Å². The third-order valence-corrected chi connectivity index (χ3v) is 1.19. The zero-order valence-electron chi connectivity index (χ0n) is 10.7. The van der Waals surface area contributed by atoms with Gasteiger partial charge in [-0.3, -0.25) is 18.7 Å². The number of hydrogen-bond donors (Lipinski definition) is 6. The largest absolute Gasteiger partial charge is 0.483 e. The van der Waals surface area contributed by atoms with Crippen LogP contribution in [0.2, 0.25) is 0 Å². The van der Waals surface area contributed by atoms with Crippen LogP contribution in [0.15, 0.2) is 12.2 Å². The van der Waals surface area contributed by atoms with Gasteiger partial charge in [0.1, 0.15) is 0 Å². The molecule has 0 aromatic rings. The molecule has 130 valence electrons. The maximum atomic E-state index is 9.82. The molecule has 21 heavy (non-hydrogen) atoms. The lowest BCUT2D eigenvalue weighted by Gasteiger charge is -1.92. The minimum absolute atomic E-state index is 0. The zero-order chi connectivity index (χ0) is 16.3. The molecule has 0 bridgehead atoms. The van der Waals surface area contributed by atoms with Crippen LogP contribution in [0.1, 0.15) is 6.92 Å². The van der Waals surface area contributed by atoms with Crippen LogP contribution in [0.5, 0.6) is 0 Å². The summed E-state index contributed by atoms with van der Waals surface area (Å²) in [5.41, 5.74) is 5.09. The highest BCUT2D eigenvalue weighted by atomic mass is 32.3. The molecule has 0 saturated heterocycles. The maximum Gasteiger partial charge on any atom is 0.425 e. The van der Waals surface area contributed by atoms with Crippen LogP contribution >= 0.6 is 0 Å². The molecular weight excluding hydrogens is 342 g/mol. The number of carboxylic acid groups (broad SMARTS) is 1.